The van der Waals surface area contributed by atoms with Gasteiger partial charge in [-0.05, 0) is 69.6 Å². The third-order valence-electron chi connectivity index (χ3n) is 3.68. The number of hydrogen-bond donors (Lipinski definition) is 1. The normalized spacial score (nSPS) is 19.6. The van der Waals surface area contributed by atoms with Crippen LogP contribution >= 0.6 is 15.9 Å². The van der Waals surface area contributed by atoms with Crippen molar-refractivity contribution >= 4 is 15.9 Å². The van der Waals surface area contributed by atoms with Gasteiger partial charge in [0.2, 0.25) is 0 Å². The maximum absolute atomic E-state index is 3.47. The van der Waals surface area contributed by atoms with Gasteiger partial charge in [-0.1, -0.05) is 28.1 Å². The summed E-state index contributed by atoms with van der Waals surface area (Å²) in [5.41, 5.74) is 1.39. The van der Waals surface area contributed by atoms with E-state index in [1.807, 2.05) is 0 Å². The summed E-state index contributed by atoms with van der Waals surface area (Å²) in [7, 11) is 2.22. The van der Waals surface area contributed by atoms with E-state index in [1.54, 1.807) is 0 Å². The molecule has 18 heavy (non-hydrogen) atoms. The number of halogens is 1. The second kappa shape index (κ2) is 7.27. The molecule has 0 bridgehead atoms. The lowest BCUT2D eigenvalue weighted by Crippen LogP contribution is -2.20. The van der Waals surface area contributed by atoms with Crippen molar-refractivity contribution in [3.63, 3.8) is 0 Å². The van der Waals surface area contributed by atoms with Crippen molar-refractivity contribution in [2.24, 2.45) is 5.92 Å². The zero-order valence-corrected chi connectivity index (χ0v) is 12.7. The Labute approximate surface area is 119 Å². The molecule has 2 nitrogen and oxygen atoms in total. The van der Waals surface area contributed by atoms with Crippen molar-refractivity contribution in [3.8, 4) is 0 Å². The lowest BCUT2D eigenvalue weighted by Gasteiger charge is -2.17. The third-order valence-corrected chi connectivity index (χ3v) is 4.21. The van der Waals surface area contributed by atoms with Gasteiger partial charge >= 0.3 is 0 Å². The van der Waals surface area contributed by atoms with Crippen LogP contribution in [-0.4, -0.2) is 31.6 Å². The molecule has 100 valence electrons. The van der Waals surface area contributed by atoms with E-state index >= 15 is 0 Å². The molecule has 2 rings (SSSR count). The van der Waals surface area contributed by atoms with Gasteiger partial charge in [0.25, 0.3) is 0 Å². The van der Waals surface area contributed by atoms with E-state index in [9.17, 15) is 0 Å². The predicted octanol–water partition coefficient (Wildman–Crippen LogP) is 3.27. The molecule has 1 aromatic rings. The molecule has 0 saturated carbocycles. The Morgan fingerprint density at radius 2 is 2.11 bits per heavy atom. The first-order valence-corrected chi connectivity index (χ1v) is 7.67. The van der Waals surface area contributed by atoms with Crippen molar-refractivity contribution in [2.75, 3.05) is 26.7 Å². The van der Waals surface area contributed by atoms with Crippen LogP contribution in [0.1, 0.15) is 24.8 Å². The number of nitrogens with one attached hydrogen (secondary N) is 1. The Hall–Kier alpha value is -0.380. The zero-order chi connectivity index (χ0) is 12.8. The van der Waals surface area contributed by atoms with Gasteiger partial charge < -0.3 is 10.2 Å². The van der Waals surface area contributed by atoms with Gasteiger partial charge in [-0.15, -0.1) is 0 Å². The Balaban J connectivity index is 1.65. The molecular formula is C15H23BrN2. The largest absolute Gasteiger partial charge is 0.316 e. The Bertz CT molecular complexity index is 344. The van der Waals surface area contributed by atoms with Crippen molar-refractivity contribution in [2.45, 2.75) is 25.8 Å². The molecule has 3 heteroatoms. The highest BCUT2D eigenvalue weighted by Gasteiger charge is 2.13. The first kappa shape index (κ1) is 14.0. The van der Waals surface area contributed by atoms with E-state index in [4.69, 9.17) is 0 Å². The Morgan fingerprint density at radius 3 is 2.78 bits per heavy atom. The topological polar surface area (TPSA) is 15.3 Å². The van der Waals surface area contributed by atoms with E-state index in [0.717, 1.165) is 16.9 Å². The maximum atomic E-state index is 3.47. The van der Waals surface area contributed by atoms with E-state index in [2.05, 4.69) is 57.5 Å². The molecule has 1 aromatic carbocycles. The molecule has 1 unspecified atom stereocenters. The van der Waals surface area contributed by atoms with Crippen molar-refractivity contribution in [1.29, 1.82) is 0 Å². The number of rotatable bonds is 6. The monoisotopic (exact) mass is 310 g/mol. The molecule has 0 spiro atoms. The Kier molecular flexibility index (Phi) is 5.67. The summed E-state index contributed by atoms with van der Waals surface area (Å²) in [5, 5.41) is 3.44. The summed E-state index contributed by atoms with van der Waals surface area (Å²) in [6, 6.07) is 8.63. The molecule has 1 saturated heterocycles. The van der Waals surface area contributed by atoms with E-state index in [1.165, 1.54) is 44.5 Å². The summed E-state index contributed by atoms with van der Waals surface area (Å²) in [6.07, 6.45) is 4.06. The molecule has 0 aliphatic carbocycles. The minimum absolute atomic E-state index is 0.922. The van der Waals surface area contributed by atoms with Gasteiger partial charge in [0.15, 0.2) is 0 Å². The second-order valence-corrected chi connectivity index (χ2v) is 6.28. The summed E-state index contributed by atoms with van der Waals surface area (Å²) in [6.45, 7) is 4.71. The van der Waals surface area contributed by atoms with Crippen molar-refractivity contribution in [3.05, 3.63) is 34.3 Å². The van der Waals surface area contributed by atoms with Crippen LogP contribution in [0.15, 0.2) is 28.7 Å². The third kappa shape index (κ3) is 4.71. The standard InChI is InChI=1S/C15H23BrN2/c1-18(10-2-3-13-8-9-17-11-13)12-14-4-6-15(16)7-5-14/h4-7,13,17H,2-3,8-12H2,1H3. The average molecular weight is 311 g/mol. The van der Waals surface area contributed by atoms with E-state index in [0.29, 0.717) is 0 Å². The van der Waals surface area contributed by atoms with Crippen LogP contribution in [0.4, 0.5) is 0 Å². The fourth-order valence-corrected chi connectivity index (χ4v) is 2.86. The van der Waals surface area contributed by atoms with Crippen LogP contribution in [0.5, 0.6) is 0 Å². The number of nitrogens with zero attached hydrogens (tertiary/aromatic N) is 1. The van der Waals surface area contributed by atoms with Gasteiger partial charge in [0, 0.05) is 11.0 Å². The summed E-state index contributed by atoms with van der Waals surface area (Å²) in [4.78, 5) is 2.42. The molecule has 1 aliphatic rings. The van der Waals surface area contributed by atoms with Crippen LogP contribution in [0.2, 0.25) is 0 Å². The smallest absolute Gasteiger partial charge is 0.0230 e. The highest BCUT2D eigenvalue weighted by Crippen LogP contribution is 2.15. The van der Waals surface area contributed by atoms with Crippen LogP contribution in [0.25, 0.3) is 0 Å². The molecule has 0 amide bonds. The van der Waals surface area contributed by atoms with Crippen LogP contribution < -0.4 is 5.32 Å². The average Bonchev–Trinajstić information content (AvgIpc) is 2.85. The second-order valence-electron chi connectivity index (χ2n) is 5.37. The summed E-state index contributed by atoms with van der Waals surface area (Å²) < 4.78 is 1.16. The molecule has 1 aliphatic heterocycles. The first-order valence-electron chi connectivity index (χ1n) is 6.88. The zero-order valence-electron chi connectivity index (χ0n) is 11.2. The minimum atomic E-state index is 0.922. The SMILES string of the molecule is CN(CCCC1CCNC1)Cc1ccc(Br)cc1. The Morgan fingerprint density at radius 1 is 1.33 bits per heavy atom. The maximum Gasteiger partial charge on any atom is 0.0230 e. The number of benzene rings is 1. The lowest BCUT2D eigenvalue weighted by atomic mass is 10.0. The van der Waals surface area contributed by atoms with E-state index in [-0.39, 0.29) is 0 Å². The van der Waals surface area contributed by atoms with Gasteiger partial charge in [-0.3, -0.25) is 0 Å². The van der Waals surface area contributed by atoms with Gasteiger partial charge in [0.05, 0.1) is 0 Å². The van der Waals surface area contributed by atoms with Crippen LogP contribution in [0.3, 0.4) is 0 Å². The van der Waals surface area contributed by atoms with Crippen molar-refractivity contribution in [1.82, 2.24) is 10.2 Å². The first-order chi connectivity index (χ1) is 8.74. The predicted molar refractivity (Wildman–Crippen MR) is 80.7 cm³/mol. The number of hydrogen-bond acceptors (Lipinski definition) is 2. The molecule has 0 aromatic heterocycles. The highest BCUT2D eigenvalue weighted by atomic mass is 79.9. The van der Waals surface area contributed by atoms with E-state index < -0.39 is 0 Å². The summed E-state index contributed by atoms with van der Waals surface area (Å²) >= 11 is 3.47. The van der Waals surface area contributed by atoms with Gasteiger partial charge in [-0.2, -0.15) is 0 Å². The molecule has 1 fully saturated rings. The molecule has 1 heterocycles. The molecule has 1 atom stereocenters. The minimum Gasteiger partial charge on any atom is -0.316 e. The highest BCUT2D eigenvalue weighted by molar-refractivity contribution is 9.10. The summed E-state index contributed by atoms with van der Waals surface area (Å²) in [5.74, 6) is 0.922. The quantitative estimate of drug-likeness (QED) is 0.867. The molecular weight excluding hydrogens is 288 g/mol. The van der Waals surface area contributed by atoms with Gasteiger partial charge in [0.1, 0.15) is 0 Å². The van der Waals surface area contributed by atoms with Crippen LogP contribution in [-0.2, 0) is 6.54 Å². The molecule has 1 N–H and O–H groups in total. The fraction of sp³-hybridized carbons (Fsp3) is 0.600. The van der Waals surface area contributed by atoms with Crippen LogP contribution in [0, 0.1) is 5.92 Å². The fourth-order valence-electron chi connectivity index (χ4n) is 2.59. The molecule has 0 radical (unpaired) electrons. The van der Waals surface area contributed by atoms with Gasteiger partial charge in [-0.25, -0.2) is 0 Å². The lowest BCUT2D eigenvalue weighted by molar-refractivity contribution is 0.308. The van der Waals surface area contributed by atoms with Crippen molar-refractivity contribution < 1.29 is 0 Å².